The van der Waals surface area contributed by atoms with E-state index in [9.17, 15) is 9.90 Å². The van der Waals surface area contributed by atoms with Crippen LogP contribution in [0, 0.1) is 55.9 Å². The van der Waals surface area contributed by atoms with E-state index < -0.39 is 18.0 Å². The summed E-state index contributed by atoms with van der Waals surface area (Å²) >= 11 is 0. The van der Waals surface area contributed by atoms with Gasteiger partial charge < -0.3 is 10.2 Å². The van der Waals surface area contributed by atoms with E-state index in [0.29, 0.717) is 18.8 Å². The van der Waals surface area contributed by atoms with Gasteiger partial charge in [0, 0.05) is 44.1 Å². The molecule has 0 aromatic heterocycles. The van der Waals surface area contributed by atoms with Crippen molar-refractivity contribution in [1.29, 1.82) is 0 Å². The molecule has 0 aromatic carbocycles. The van der Waals surface area contributed by atoms with E-state index in [2.05, 4.69) is 0 Å². The fourth-order valence-corrected chi connectivity index (χ4v) is 1.63. The molecule has 1 saturated carbocycles. The van der Waals surface area contributed by atoms with Gasteiger partial charge in [-0.15, -0.1) is 0 Å². The zero-order valence-electron chi connectivity index (χ0n) is 7.23. The van der Waals surface area contributed by atoms with Crippen LogP contribution in [0.15, 0.2) is 0 Å². The zero-order valence-corrected chi connectivity index (χ0v) is 12.0. The molecule has 0 amide bonds. The number of hydrogen-bond donors (Lipinski definition) is 2. The van der Waals surface area contributed by atoms with E-state index in [4.69, 9.17) is 5.11 Å². The average molecular weight is 385 g/mol. The molecule has 0 aromatic rings. The Morgan fingerprint density at radius 3 is 2.42 bits per heavy atom. The first-order valence-electron chi connectivity index (χ1n) is 4.02. The van der Waals surface area contributed by atoms with E-state index in [-0.39, 0.29) is 44.1 Å². The van der Waals surface area contributed by atoms with E-state index in [0.717, 1.165) is 6.42 Å². The first kappa shape index (κ1) is 12.9. The topological polar surface area (TPSA) is 57.5 Å². The van der Waals surface area contributed by atoms with Crippen molar-refractivity contribution in [3.8, 4) is 0 Å². The molecule has 1 aliphatic rings. The molecular formula is C8H14AcO3. The molecule has 0 saturated heterocycles. The van der Waals surface area contributed by atoms with Gasteiger partial charge in [-0.05, 0) is 25.2 Å². The molecule has 12 heavy (non-hydrogen) atoms. The number of hydrogen-bond acceptors (Lipinski definition) is 2. The van der Waals surface area contributed by atoms with Crippen molar-refractivity contribution in [1.82, 2.24) is 0 Å². The van der Waals surface area contributed by atoms with Crippen molar-refractivity contribution >= 4 is 5.97 Å². The van der Waals surface area contributed by atoms with Gasteiger partial charge in [0.2, 0.25) is 0 Å². The van der Waals surface area contributed by atoms with E-state index >= 15 is 0 Å². The second-order valence-corrected chi connectivity index (χ2v) is 3.43. The van der Waals surface area contributed by atoms with E-state index in [1.807, 2.05) is 6.92 Å². The fraction of sp³-hybridized carbons (Fsp3) is 0.875. The third-order valence-corrected chi connectivity index (χ3v) is 2.39. The monoisotopic (exact) mass is 385 g/mol. The second kappa shape index (κ2) is 5.57. The van der Waals surface area contributed by atoms with Gasteiger partial charge >= 0.3 is 5.97 Å². The molecule has 4 heteroatoms. The molecule has 0 spiro atoms. The van der Waals surface area contributed by atoms with Gasteiger partial charge in [0.25, 0.3) is 0 Å². The number of carboxylic acid groups (broad SMARTS) is 1. The van der Waals surface area contributed by atoms with Gasteiger partial charge in [0.05, 0.1) is 12.0 Å². The molecular weight excluding hydrogens is 371 g/mol. The normalized spacial score (nSPS) is 35.3. The van der Waals surface area contributed by atoms with Crippen LogP contribution in [0.5, 0.6) is 0 Å². The van der Waals surface area contributed by atoms with Gasteiger partial charge in [0.15, 0.2) is 0 Å². The SMILES string of the molecule is CC1CCC(O)C(C(=O)O)C1.[Ac]. The molecule has 0 heterocycles. The largest absolute Gasteiger partial charge is 0.481 e. The molecule has 3 unspecified atom stereocenters. The Kier molecular flexibility index (Phi) is 5.97. The second-order valence-electron chi connectivity index (χ2n) is 3.43. The Morgan fingerprint density at radius 2 is 2.00 bits per heavy atom. The van der Waals surface area contributed by atoms with Gasteiger partial charge in [0.1, 0.15) is 0 Å². The molecule has 1 fully saturated rings. The van der Waals surface area contributed by atoms with Crippen molar-refractivity contribution in [2.45, 2.75) is 32.3 Å². The summed E-state index contributed by atoms with van der Waals surface area (Å²) in [6, 6.07) is 0. The molecule has 0 bridgehead atoms. The molecule has 3 nitrogen and oxygen atoms in total. The van der Waals surface area contributed by atoms with E-state index in [1.165, 1.54) is 0 Å². The number of aliphatic carboxylic acids is 1. The van der Waals surface area contributed by atoms with Crippen LogP contribution in [0.3, 0.4) is 0 Å². The van der Waals surface area contributed by atoms with Crippen molar-refractivity contribution in [3.63, 3.8) is 0 Å². The molecule has 1 aliphatic carbocycles. The number of carboxylic acids is 1. The van der Waals surface area contributed by atoms with Crippen LogP contribution in [0.2, 0.25) is 0 Å². The Morgan fingerprint density at radius 1 is 1.42 bits per heavy atom. The Balaban J connectivity index is 0.00000121. The van der Waals surface area contributed by atoms with Crippen LogP contribution in [-0.2, 0) is 4.79 Å². The van der Waals surface area contributed by atoms with Crippen molar-refractivity contribution in [2.24, 2.45) is 11.8 Å². The summed E-state index contributed by atoms with van der Waals surface area (Å²) in [5.74, 6) is -0.942. The number of rotatable bonds is 1. The molecule has 3 atom stereocenters. The molecule has 2 N–H and O–H groups in total. The third kappa shape index (κ3) is 3.32. The first-order chi connectivity index (χ1) is 5.11. The summed E-state index contributed by atoms with van der Waals surface area (Å²) in [4.78, 5) is 10.6. The smallest absolute Gasteiger partial charge is 0.309 e. The maximum atomic E-state index is 10.6. The predicted octanol–water partition coefficient (Wildman–Crippen LogP) is 0.868. The minimum Gasteiger partial charge on any atom is -0.481 e. The summed E-state index contributed by atoms with van der Waals surface area (Å²) in [5, 5.41) is 17.9. The van der Waals surface area contributed by atoms with Gasteiger partial charge in [-0.1, -0.05) is 6.92 Å². The van der Waals surface area contributed by atoms with Crippen molar-refractivity contribution < 1.29 is 59.1 Å². The standard InChI is InChI=1S/C8H14O3.Ac/c1-5-2-3-7(9)6(4-5)8(10)11;/h5-7,9H,2-4H2,1H3,(H,10,11);. The minimum atomic E-state index is -0.857. The maximum absolute atomic E-state index is 10.6. The van der Waals surface area contributed by atoms with Crippen LogP contribution in [0.25, 0.3) is 0 Å². The minimum absolute atomic E-state index is 0. The Hall–Kier alpha value is 0.872. The number of aliphatic hydroxyl groups is 1. The Bertz CT molecular complexity index is 160. The predicted molar refractivity (Wildman–Crippen MR) is 40.1 cm³/mol. The Labute approximate surface area is 108 Å². The number of carbonyl (C=O) groups is 1. The molecule has 67 valence electrons. The van der Waals surface area contributed by atoms with Crippen LogP contribution in [0.1, 0.15) is 26.2 Å². The van der Waals surface area contributed by atoms with Gasteiger partial charge in [-0.3, -0.25) is 4.79 Å². The first-order valence-corrected chi connectivity index (χ1v) is 4.02. The van der Waals surface area contributed by atoms with Crippen molar-refractivity contribution in [3.05, 3.63) is 0 Å². The summed E-state index contributed by atoms with van der Waals surface area (Å²) in [5.41, 5.74) is 0. The maximum Gasteiger partial charge on any atom is 0.309 e. The fourth-order valence-electron chi connectivity index (χ4n) is 1.63. The summed E-state index contributed by atoms with van der Waals surface area (Å²) in [7, 11) is 0. The van der Waals surface area contributed by atoms with Gasteiger partial charge in [-0.25, -0.2) is 0 Å². The van der Waals surface area contributed by atoms with E-state index in [1.54, 1.807) is 0 Å². The van der Waals surface area contributed by atoms with Crippen LogP contribution < -0.4 is 0 Å². The molecule has 1 rings (SSSR count). The molecule has 0 aliphatic heterocycles. The summed E-state index contributed by atoms with van der Waals surface area (Å²) in [6.07, 6.45) is 1.59. The average Bonchev–Trinajstić information content (AvgIpc) is 1.94. The number of aliphatic hydroxyl groups excluding tert-OH is 1. The quantitative estimate of drug-likeness (QED) is 0.705. The summed E-state index contributed by atoms with van der Waals surface area (Å²) in [6.45, 7) is 2.03. The zero-order chi connectivity index (χ0) is 8.43. The van der Waals surface area contributed by atoms with Crippen molar-refractivity contribution in [2.75, 3.05) is 0 Å². The van der Waals surface area contributed by atoms with Crippen LogP contribution >= 0.6 is 0 Å². The molecule has 1 radical (unpaired) electrons. The van der Waals surface area contributed by atoms with Gasteiger partial charge in [-0.2, -0.15) is 0 Å². The third-order valence-electron chi connectivity index (χ3n) is 2.39. The van der Waals surface area contributed by atoms with Crippen LogP contribution in [0.4, 0.5) is 0 Å². The summed E-state index contributed by atoms with van der Waals surface area (Å²) < 4.78 is 0. The van der Waals surface area contributed by atoms with Crippen LogP contribution in [-0.4, -0.2) is 22.3 Å².